The fourth-order valence-electron chi connectivity index (χ4n) is 4.60. The van der Waals surface area contributed by atoms with E-state index in [1.807, 2.05) is 24.3 Å². The standard InChI is InChI=1S/C25H33F2N5O5S/c1-25(26,27)22(37-29)21(28)19-6-7-20(38-19)23(33)30-14-16-15-36-13-10-32(16)24(34)17-4-2-3-5-18(17)31-8-11-35-12-9-31/h2-7,16,21-22H,8-15,28-29H2,1H3,(H,30,33)/t16?,21-,22?/m0/s1. The van der Waals surface area contributed by atoms with Gasteiger partial charge in [-0.05, 0) is 24.3 Å². The third kappa shape index (κ3) is 6.47. The lowest BCUT2D eigenvalue weighted by atomic mass is 10.1. The van der Waals surface area contributed by atoms with Gasteiger partial charge in [-0.25, -0.2) is 14.7 Å². The number of halogens is 2. The molecule has 13 heteroatoms. The molecule has 5 N–H and O–H groups in total. The van der Waals surface area contributed by atoms with Crippen molar-refractivity contribution in [2.24, 2.45) is 11.6 Å². The Bertz CT molecular complexity index is 1110. The maximum Gasteiger partial charge on any atom is 0.274 e. The average molecular weight is 554 g/mol. The Balaban J connectivity index is 1.42. The largest absolute Gasteiger partial charge is 0.378 e. The third-order valence-electron chi connectivity index (χ3n) is 6.62. The summed E-state index contributed by atoms with van der Waals surface area (Å²) in [5.41, 5.74) is 7.38. The molecule has 2 fully saturated rings. The van der Waals surface area contributed by atoms with Crippen LogP contribution in [-0.4, -0.2) is 87.4 Å². The van der Waals surface area contributed by atoms with Crippen LogP contribution >= 0.6 is 11.3 Å². The first-order chi connectivity index (χ1) is 18.2. The summed E-state index contributed by atoms with van der Waals surface area (Å²) in [6, 6.07) is 8.91. The van der Waals surface area contributed by atoms with Crippen LogP contribution < -0.4 is 21.8 Å². The van der Waals surface area contributed by atoms with Crippen molar-refractivity contribution in [1.82, 2.24) is 10.2 Å². The van der Waals surface area contributed by atoms with Gasteiger partial charge in [-0.2, -0.15) is 0 Å². The zero-order valence-electron chi connectivity index (χ0n) is 21.1. The number of para-hydroxylation sites is 1. The Kier molecular flexibility index (Phi) is 9.28. The number of hydrogen-bond donors (Lipinski definition) is 3. The maximum absolute atomic E-state index is 13.8. The van der Waals surface area contributed by atoms with Crippen molar-refractivity contribution < 1.29 is 32.7 Å². The molecule has 1 aromatic heterocycles. The van der Waals surface area contributed by atoms with Crippen LogP contribution in [0.2, 0.25) is 0 Å². The third-order valence-corrected chi connectivity index (χ3v) is 7.81. The second-order valence-electron chi connectivity index (χ2n) is 9.29. The summed E-state index contributed by atoms with van der Waals surface area (Å²) in [5, 5.41) is 2.83. The summed E-state index contributed by atoms with van der Waals surface area (Å²) >= 11 is 0.984. The number of thiophene rings is 1. The topological polar surface area (TPSA) is 132 Å². The molecule has 3 atom stereocenters. The lowest BCUT2D eigenvalue weighted by Crippen LogP contribution is -2.53. The lowest BCUT2D eigenvalue weighted by Gasteiger charge is -2.37. The Labute approximate surface area is 223 Å². The maximum atomic E-state index is 13.8. The number of rotatable bonds is 9. The molecule has 0 radical (unpaired) electrons. The minimum atomic E-state index is -3.27. The SMILES string of the molecule is CC(F)(F)C(ON)[C@@H](N)c1ccc(C(=O)NCC2COCCN2C(=O)c2ccccc2N2CCOCC2)s1. The van der Waals surface area contributed by atoms with Gasteiger partial charge in [0.1, 0.15) is 0 Å². The van der Waals surface area contributed by atoms with Gasteiger partial charge in [0.05, 0.1) is 49.0 Å². The molecule has 2 amide bonds. The van der Waals surface area contributed by atoms with Gasteiger partial charge in [0.25, 0.3) is 17.7 Å². The highest BCUT2D eigenvalue weighted by molar-refractivity contribution is 7.14. The average Bonchev–Trinajstić information content (AvgIpc) is 3.42. The van der Waals surface area contributed by atoms with Crippen LogP contribution in [-0.2, 0) is 14.3 Å². The van der Waals surface area contributed by atoms with Crippen molar-refractivity contribution >= 4 is 28.8 Å². The van der Waals surface area contributed by atoms with Gasteiger partial charge < -0.3 is 30.3 Å². The van der Waals surface area contributed by atoms with Crippen LogP contribution in [0.15, 0.2) is 36.4 Å². The van der Waals surface area contributed by atoms with E-state index in [2.05, 4.69) is 15.1 Å². The summed E-state index contributed by atoms with van der Waals surface area (Å²) in [7, 11) is 0. The molecule has 2 aliphatic rings. The fraction of sp³-hybridized carbons (Fsp3) is 0.520. The fourth-order valence-corrected chi connectivity index (χ4v) is 5.55. The number of hydrogen-bond acceptors (Lipinski definition) is 9. The van der Waals surface area contributed by atoms with Gasteiger partial charge in [0.2, 0.25) is 0 Å². The molecule has 0 aliphatic carbocycles. The van der Waals surface area contributed by atoms with E-state index in [1.165, 1.54) is 12.1 Å². The lowest BCUT2D eigenvalue weighted by molar-refractivity contribution is -0.137. The number of carbonyl (C=O) groups is 2. The Hall–Kier alpha value is -2.68. The molecular formula is C25H33F2N5O5S. The minimum Gasteiger partial charge on any atom is -0.378 e. The van der Waals surface area contributed by atoms with Gasteiger partial charge in [-0.3, -0.25) is 14.4 Å². The summed E-state index contributed by atoms with van der Waals surface area (Å²) in [6.07, 6.45) is -1.74. The van der Waals surface area contributed by atoms with E-state index in [1.54, 1.807) is 4.90 Å². The van der Waals surface area contributed by atoms with Gasteiger partial charge in [0.15, 0.2) is 6.10 Å². The van der Waals surface area contributed by atoms with Gasteiger partial charge in [0, 0.05) is 43.7 Å². The van der Waals surface area contributed by atoms with E-state index < -0.39 is 24.0 Å². The van der Waals surface area contributed by atoms with Crippen molar-refractivity contribution in [1.29, 1.82) is 0 Å². The van der Waals surface area contributed by atoms with E-state index in [0.29, 0.717) is 56.8 Å². The zero-order chi connectivity index (χ0) is 27.3. The van der Waals surface area contributed by atoms with Crippen LogP contribution in [0.3, 0.4) is 0 Å². The molecule has 0 bridgehead atoms. The quantitative estimate of drug-likeness (QED) is 0.401. The van der Waals surface area contributed by atoms with Crippen molar-refractivity contribution in [2.75, 3.05) is 57.5 Å². The number of morpholine rings is 2. The number of carbonyl (C=O) groups excluding carboxylic acids is 2. The molecule has 3 heterocycles. The number of nitrogens with two attached hydrogens (primary N) is 2. The second-order valence-corrected chi connectivity index (χ2v) is 10.4. The van der Waals surface area contributed by atoms with E-state index in [-0.39, 0.29) is 30.0 Å². The predicted octanol–water partition coefficient (Wildman–Crippen LogP) is 1.77. The molecular weight excluding hydrogens is 520 g/mol. The van der Waals surface area contributed by atoms with E-state index in [4.69, 9.17) is 21.1 Å². The molecule has 2 aliphatic heterocycles. The monoisotopic (exact) mass is 553 g/mol. The van der Waals surface area contributed by atoms with Crippen LogP contribution in [0.1, 0.15) is 37.9 Å². The molecule has 2 aromatic rings. The molecule has 0 saturated carbocycles. The van der Waals surface area contributed by atoms with Crippen molar-refractivity contribution in [2.45, 2.75) is 31.0 Å². The first kappa shape index (κ1) is 28.3. The predicted molar refractivity (Wildman–Crippen MR) is 138 cm³/mol. The van der Waals surface area contributed by atoms with Crippen molar-refractivity contribution in [3.05, 3.63) is 51.7 Å². The van der Waals surface area contributed by atoms with Gasteiger partial charge in [-0.15, -0.1) is 11.3 Å². The van der Waals surface area contributed by atoms with Crippen molar-refractivity contribution in [3.63, 3.8) is 0 Å². The first-order valence-electron chi connectivity index (χ1n) is 12.4. The molecule has 2 saturated heterocycles. The summed E-state index contributed by atoms with van der Waals surface area (Å²) in [5.74, 6) is 1.23. The normalized spacial score (nSPS) is 20.2. The highest BCUT2D eigenvalue weighted by Gasteiger charge is 2.41. The van der Waals surface area contributed by atoms with Crippen LogP contribution in [0.4, 0.5) is 14.5 Å². The molecule has 0 spiro atoms. The Morgan fingerprint density at radius 3 is 2.58 bits per heavy atom. The molecule has 208 valence electrons. The highest BCUT2D eigenvalue weighted by atomic mass is 32.1. The Morgan fingerprint density at radius 2 is 1.87 bits per heavy atom. The van der Waals surface area contributed by atoms with Crippen LogP contribution in [0, 0.1) is 0 Å². The molecule has 4 rings (SSSR count). The van der Waals surface area contributed by atoms with Crippen LogP contribution in [0.5, 0.6) is 0 Å². The number of ether oxygens (including phenoxy) is 2. The van der Waals surface area contributed by atoms with E-state index in [0.717, 1.165) is 17.0 Å². The number of nitrogens with zero attached hydrogens (tertiary/aromatic N) is 2. The molecule has 38 heavy (non-hydrogen) atoms. The molecule has 1 aromatic carbocycles. The van der Waals surface area contributed by atoms with E-state index in [9.17, 15) is 18.4 Å². The zero-order valence-corrected chi connectivity index (χ0v) is 21.9. The second kappa shape index (κ2) is 12.5. The van der Waals surface area contributed by atoms with E-state index >= 15 is 0 Å². The number of nitrogens with one attached hydrogen (secondary N) is 1. The smallest absolute Gasteiger partial charge is 0.274 e. The van der Waals surface area contributed by atoms with Crippen molar-refractivity contribution in [3.8, 4) is 0 Å². The van der Waals surface area contributed by atoms with Gasteiger partial charge >= 0.3 is 0 Å². The summed E-state index contributed by atoms with van der Waals surface area (Å²) in [4.78, 5) is 35.4. The molecule has 10 nitrogen and oxygen atoms in total. The van der Waals surface area contributed by atoms with Crippen LogP contribution in [0.25, 0.3) is 0 Å². The highest BCUT2D eigenvalue weighted by Crippen LogP contribution is 2.32. The number of anilines is 1. The number of benzene rings is 1. The van der Waals surface area contributed by atoms with Gasteiger partial charge in [-0.1, -0.05) is 12.1 Å². The Morgan fingerprint density at radius 1 is 1.16 bits per heavy atom. The number of alkyl halides is 2. The first-order valence-corrected chi connectivity index (χ1v) is 13.2. The summed E-state index contributed by atoms with van der Waals surface area (Å²) in [6.45, 7) is 4.49. The number of amides is 2. The summed E-state index contributed by atoms with van der Waals surface area (Å²) < 4.78 is 38.6. The minimum absolute atomic E-state index is 0.132. The molecule has 2 unspecified atom stereocenters.